The molecule has 0 radical (unpaired) electrons. The molecule has 2 N–H and O–H groups in total. The van der Waals surface area contributed by atoms with Gasteiger partial charge in [0.05, 0.1) is 12.3 Å². The number of rotatable bonds is 7. The van der Waals surface area contributed by atoms with E-state index in [1.807, 2.05) is 44.2 Å². The van der Waals surface area contributed by atoms with E-state index in [1.54, 1.807) is 29.2 Å². The lowest BCUT2D eigenvalue weighted by molar-refractivity contribution is -0.134. The first-order chi connectivity index (χ1) is 14.9. The third kappa shape index (κ3) is 6.95. The minimum absolute atomic E-state index is 0.0192. The number of hydrogen-bond acceptors (Lipinski definition) is 3. The number of carbonyl (C=O) groups excluding carboxylic acids is 3. The van der Waals surface area contributed by atoms with Crippen LogP contribution < -0.4 is 10.6 Å². The average Bonchev–Trinajstić information content (AvgIpc) is 2.75. The minimum atomic E-state index is -0.223. The molecule has 1 atom stereocenters. The molecule has 2 aromatic carbocycles. The molecule has 6 nitrogen and oxygen atoms in total. The van der Waals surface area contributed by atoms with Crippen molar-refractivity contribution in [2.24, 2.45) is 11.8 Å². The lowest BCUT2D eigenvalue weighted by Gasteiger charge is -2.32. The Labute approximate surface area is 184 Å². The van der Waals surface area contributed by atoms with E-state index in [2.05, 4.69) is 10.6 Å². The Morgan fingerprint density at radius 1 is 0.968 bits per heavy atom. The fourth-order valence-corrected chi connectivity index (χ4v) is 3.76. The molecule has 1 fully saturated rings. The Kier molecular flexibility index (Phi) is 7.82. The van der Waals surface area contributed by atoms with E-state index in [1.165, 1.54) is 0 Å². The van der Waals surface area contributed by atoms with Gasteiger partial charge in [0.1, 0.15) is 0 Å². The molecule has 2 aromatic rings. The second kappa shape index (κ2) is 10.8. The number of nitrogens with zero attached hydrogens (tertiary/aromatic N) is 1. The molecule has 0 saturated carbocycles. The van der Waals surface area contributed by atoms with Crippen molar-refractivity contribution < 1.29 is 14.4 Å². The van der Waals surface area contributed by atoms with Crippen molar-refractivity contribution in [2.45, 2.75) is 39.5 Å². The largest absolute Gasteiger partial charge is 0.342 e. The Morgan fingerprint density at radius 3 is 2.26 bits per heavy atom. The van der Waals surface area contributed by atoms with Crippen LogP contribution in [0.3, 0.4) is 0 Å². The van der Waals surface area contributed by atoms with Crippen molar-refractivity contribution in [1.29, 1.82) is 0 Å². The molecule has 0 spiro atoms. The first-order valence-corrected chi connectivity index (χ1v) is 10.9. The van der Waals surface area contributed by atoms with Gasteiger partial charge in [0.15, 0.2) is 0 Å². The number of hydrogen-bond donors (Lipinski definition) is 2. The Hall–Kier alpha value is -3.15. The molecule has 1 unspecified atom stereocenters. The van der Waals surface area contributed by atoms with Crippen LogP contribution in [0, 0.1) is 11.8 Å². The van der Waals surface area contributed by atoms with Crippen molar-refractivity contribution in [3.8, 4) is 0 Å². The van der Waals surface area contributed by atoms with Gasteiger partial charge in [-0.25, -0.2) is 0 Å². The second-order valence-electron chi connectivity index (χ2n) is 8.55. The van der Waals surface area contributed by atoms with Crippen molar-refractivity contribution in [3.05, 3.63) is 60.2 Å². The van der Waals surface area contributed by atoms with E-state index in [9.17, 15) is 14.4 Å². The summed E-state index contributed by atoms with van der Waals surface area (Å²) in [5.74, 6) is 0.0420. The molecular formula is C25H31N3O3. The normalized spacial score (nSPS) is 16.1. The van der Waals surface area contributed by atoms with Crippen molar-refractivity contribution >= 4 is 29.1 Å². The Morgan fingerprint density at radius 2 is 1.61 bits per heavy atom. The van der Waals surface area contributed by atoms with Crippen LogP contribution in [0.15, 0.2) is 54.6 Å². The van der Waals surface area contributed by atoms with Crippen LogP contribution in [-0.2, 0) is 20.8 Å². The number of nitrogens with one attached hydrogen (secondary N) is 2. The average molecular weight is 422 g/mol. The molecule has 0 bridgehead atoms. The molecular weight excluding hydrogens is 390 g/mol. The molecule has 0 aromatic heterocycles. The van der Waals surface area contributed by atoms with Gasteiger partial charge >= 0.3 is 0 Å². The highest BCUT2D eigenvalue weighted by molar-refractivity contribution is 5.94. The molecule has 0 aliphatic carbocycles. The van der Waals surface area contributed by atoms with Gasteiger partial charge in [-0.1, -0.05) is 44.2 Å². The lowest BCUT2D eigenvalue weighted by atomic mass is 9.96. The molecule has 3 rings (SSSR count). The smallest absolute Gasteiger partial charge is 0.229 e. The number of likely N-dealkylation sites (tertiary alicyclic amines) is 1. The maximum Gasteiger partial charge on any atom is 0.229 e. The van der Waals surface area contributed by atoms with Crippen LogP contribution in [0.4, 0.5) is 11.4 Å². The fraction of sp³-hybridized carbons (Fsp3) is 0.400. The minimum Gasteiger partial charge on any atom is -0.342 e. The summed E-state index contributed by atoms with van der Waals surface area (Å²) < 4.78 is 0. The highest BCUT2D eigenvalue weighted by atomic mass is 16.2. The molecule has 3 amide bonds. The lowest BCUT2D eigenvalue weighted by Crippen LogP contribution is -2.44. The maximum atomic E-state index is 12.8. The quantitative estimate of drug-likeness (QED) is 0.707. The zero-order chi connectivity index (χ0) is 22.2. The van der Waals surface area contributed by atoms with Gasteiger partial charge in [0.2, 0.25) is 17.7 Å². The summed E-state index contributed by atoms with van der Waals surface area (Å²) in [6, 6.07) is 16.8. The number of anilines is 2. The SMILES string of the molecule is CC(C)CC(=O)Nc1ccc(NC(=O)C2CCCN(C(=O)Cc3ccccc3)C2)cc1. The van der Waals surface area contributed by atoms with Gasteiger partial charge in [-0.3, -0.25) is 14.4 Å². The van der Waals surface area contributed by atoms with Gasteiger partial charge in [-0.15, -0.1) is 0 Å². The number of piperidine rings is 1. The van der Waals surface area contributed by atoms with Crippen LogP contribution in [0.2, 0.25) is 0 Å². The maximum absolute atomic E-state index is 12.8. The zero-order valence-corrected chi connectivity index (χ0v) is 18.3. The van der Waals surface area contributed by atoms with Gasteiger partial charge in [-0.2, -0.15) is 0 Å². The Balaban J connectivity index is 1.51. The zero-order valence-electron chi connectivity index (χ0n) is 18.3. The third-order valence-corrected chi connectivity index (χ3v) is 5.37. The first kappa shape index (κ1) is 22.5. The molecule has 1 aliphatic rings. The number of benzene rings is 2. The monoisotopic (exact) mass is 421 g/mol. The van der Waals surface area contributed by atoms with Crippen LogP contribution in [0.25, 0.3) is 0 Å². The van der Waals surface area contributed by atoms with E-state index in [-0.39, 0.29) is 23.6 Å². The van der Waals surface area contributed by atoms with E-state index in [4.69, 9.17) is 0 Å². The molecule has 6 heteroatoms. The summed E-state index contributed by atoms with van der Waals surface area (Å²) in [7, 11) is 0. The van der Waals surface area contributed by atoms with Crippen molar-refractivity contribution in [3.63, 3.8) is 0 Å². The van der Waals surface area contributed by atoms with E-state index in [0.717, 1.165) is 18.4 Å². The molecule has 1 saturated heterocycles. The topological polar surface area (TPSA) is 78.5 Å². The third-order valence-electron chi connectivity index (χ3n) is 5.37. The van der Waals surface area contributed by atoms with Crippen LogP contribution >= 0.6 is 0 Å². The molecule has 1 aliphatic heterocycles. The van der Waals surface area contributed by atoms with Crippen LogP contribution in [0.1, 0.15) is 38.7 Å². The van der Waals surface area contributed by atoms with Gasteiger partial charge in [0, 0.05) is 30.9 Å². The van der Waals surface area contributed by atoms with Crippen molar-refractivity contribution in [1.82, 2.24) is 4.90 Å². The summed E-state index contributed by atoms with van der Waals surface area (Å²) in [5, 5.41) is 5.80. The number of carbonyl (C=O) groups is 3. The summed E-state index contributed by atoms with van der Waals surface area (Å²) in [5.41, 5.74) is 2.37. The summed E-state index contributed by atoms with van der Waals surface area (Å²) in [6.07, 6.45) is 2.42. The molecule has 31 heavy (non-hydrogen) atoms. The summed E-state index contributed by atoms with van der Waals surface area (Å²) in [4.78, 5) is 39.1. The summed E-state index contributed by atoms with van der Waals surface area (Å²) in [6.45, 7) is 5.14. The van der Waals surface area contributed by atoms with E-state index < -0.39 is 0 Å². The van der Waals surface area contributed by atoms with Crippen molar-refractivity contribution in [2.75, 3.05) is 23.7 Å². The molecule has 1 heterocycles. The Bertz CT molecular complexity index is 894. The highest BCUT2D eigenvalue weighted by Crippen LogP contribution is 2.21. The predicted octanol–water partition coefficient (Wildman–Crippen LogP) is 4.09. The highest BCUT2D eigenvalue weighted by Gasteiger charge is 2.28. The van der Waals surface area contributed by atoms with E-state index >= 15 is 0 Å². The van der Waals surface area contributed by atoms with Gasteiger partial charge in [-0.05, 0) is 48.6 Å². The predicted molar refractivity (Wildman–Crippen MR) is 123 cm³/mol. The van der Waals surface area contributed by atoms with E-state index in [0.29, 0.717) is 43.2 Å². The molecule has 164 valence electrons. The van der Waals surface area contributed by atoms with Gasteiger partial charge < -0.3 is 15.5 Å². The standard InChI is InChI=1S/C25H31N3O3/c1-18(2)15-23(29)26-21-10-12-22(13-11-21)27-25(31)20-9-6-14-28(17-20)24(30)16-19-7-4-3-5-8-19/h3-5,7-8,10-13,18,20H,6,9,14-17H2,1-2H3,(H,26,29)(H,27,31). The number of amides is 3. The fourth-order valence-electron chi connectivity index (χ4n) is 3.76. The van der Waals surface area contributed by atoms with Gasteiger partial charge in [0.25, 0.3) is 0 Å². The summed E-state index contributed by atoms with van der Waals surface area (Å²) >= 11 is 0. The van der Waals surface area contributed by atoms with Crippen LogP contribution in [-0.4, -0.2) is 35.7 Å². The first-order valence-electron chi connectivity index (χ1n) is 10.9. The van der Waals surface area contributed by atoms with Crippen LogP contribution in [0.5, 0.6) is 0 Å². The second-order valence-corrected chi connectivity index (χ2v) is 8.55.